The van der Waals surface area contributed by atoms with Crippen molar-refractivity contribution >= 4 is 23.2 Å². The summed E-state index contributed by atoms with van der Waals surface area (Å²) in [6.07, 6.45) is 0.305. The van der Waals surface area contributed by atoms with Gasteiger partial charge in [-0.3, -0.25) is 10.1 Å². The molecule has 0 spiro atoms. The van der Waals surface area contributed by atoms with Crippen LogP contribution in [-0.2, 0) is 4.74 Å². The van der Waals surface area contributed by atoms with E-state index in [0.29, 0.717) is 12.2 Å². The predicted molar refractivity (Wildman–Crippen MR) is 73.7 cm³/mol. The van der Waals surface area contributed by atoms with Crippen LogP contribution in [0.2, 0.25) is 0 Å². The van der Waals surface area contributed by atoms with Gasteiger partial charge in [0.15, 0.2) is 0 Å². The SMILES string of the molecule is COC(=O)NC1CCN(c2ccc([N+](=O)[O-])cc2N)C1. The summed E-state index contributed by atoms with van der Waals surface area (Å²) >= 11 is 0. The average molecular weight is 280 g/mol. The molecule has 20 heavy (non-hydrogen) atoms. The fraction of sp³-hybridized carbons (Fsp3) is 0.417. The number of benzene rings is 1. The molecule has 1 aromatic carbocycles. The predicted octanol–water partition coefficient (Wildman–Crippen LogP) is 1.11. The number of hydrogen-bond acceptors (Lipinski definition) is 6. The van der Waals surface area contributed by atoms with Crippen LogP contribution < -0.4 is 16.0 Å². The quantitative estimate of drug-likeness (QED) is 0.487. The lowest BCUT2D eigenvalue weighted by atomic mass is 10.2. The molecule has 8 heteroatoms. The van der Waals surface area contributed by atoms with E-state index in [1.54, 1.807) is 6.07 Å². The summed E-state index contributed by atoms with van der Waals surface area (Å²) in [4.78, 5) is 23.3. The fourth-order valence-electron chi connectivity index (χ4n) is 2.27. The zero-order chi connectivity index (χ0) is 14.7. The molecule has 0 saturated carbocycles. The third-order valence-electron chi connectivity index (χ3n) is 3.26. The molecule has 0 aliphatic carbocycles. The number of nitro groups is 1. The molecule has 1 unspecified atom stereocenters. The molecule has 1 saturated heterocycles. The maximum absolute atomic E-state index is 11.1. The minimum Gasteiger partial charge on any atom is -0.453 e. The van der Waals surface area contributed by atoms with Gasteiger partial charge in [0.2, 0.25) is 0 Å². The normalized spacial score (nSPS) is 17.9. The second-order valence-corrected chi connectivity index (χ2v) is 4.57. The molecule has 0 radical (unpaired) electrons. The number of amides is 1. The summed E-state index contributed by atoms with van der Waals surface area (Å²) in [5.74, 6) is 0. The van der Waals surface area contributed by atoms with E-state index < -0.39 is 11.0 Å². The lowest BCUT2D eigenvalue weighted by molar-refractivity contribution is -0.384. The van der Waals surface area contributed by atoms with Crippen LogP contribution in [0.1, 0.15) is 6.42 Å². The van der Waals surface area contributed by atoms with Crippen molar-refractivity contribution in [2.45, 2.75) is 12.5 Å². The van der Waals surface area contributed by atoms with Gasteiger partial charge in [-0.05, 0) is 12.5 Å². The number of nitro benzene ring substituents is 1. The number of nitrogens with one attached hydrogen (secondary N) is 1. The van der Waals surface area contributed by atoms with Crippen molar-refractivity contribution in [3.63, 3.8) is 0 Å². The van der Waals surface area contributed by atoms with Crippen molar-refractivity contribution in [3.05, 3.63) is 28.3 Å². The number of alkyl carbamates (subject to hydrolysis) is 1. The van der Waals surface area contributed by atoms with Crippen molar-refractivity contribution in [3.8, 4) is 0 Å². The Bertz CT molecular complexity index is 534. The van der Waals surface area contributed by atoms with Crippen LogP contribution in [0.5, 0.6) is 0 Å². The maximum atomic E-state index is 11.1. The summed E-state index contributed by atoms with van der Waals surface area (Å²) in [6, 6.07) is 4.38. The highest BCUT2D eigenvalue weighted by Crippen LogP contribution is 2.30. The van der Waals surface area contributed by atoms with Gasteiger partial charge in [-0.2, -0.15) is 0 Å². The first-order chi connectivity index (χ1) is 9.51. The Morgan fingerprint density at radius 1 is 1.60 bits per heavy atom. The molecule has 1 aliphatic rings. The van der Waals surface area contributed by atoms with Gasteiger partial charge in [-0.25, -0.2) is 4.79 Å². The van der Waals surface area contributed by atoms with Crippen molar-refractivity contribution in [1.82, 2.24) is 5.32 Å². The van der Waals surface area contributed by atoms with E-state index in [1.165, 1.54) is 19.2 Å². The number of nitrogens with two attached hydrogens (primary N) is 1. The van der Waals surface area contributed by atoms with Crippen LogP contribution in [0.4, 0.5) is 21.9 Å². The summed E-state index contributed by atoms with van der Waals surface area (Å²) in [5, 5.41) is 13.4. The highest BCUT2D eigenvalue weighted by Gasteiger charge is 2.26. The van der Waals surface area contributed by atoms with Gasteiger partial charge in [-0.15, -0.1) is 0 Å². The van der Waals surface area contributed by atoms with Gasteiger partial charge in [-0.1, -0.05) is 0 Å². The zero-order valence-corrected chi connectivity index (χ0v) is 11.0. The summed E-state index contributed by atoms with van der Waals surface area (Å²) in [5.41, 5.74) is 6.92. The van der Waals surface area contributed by atoms with E-state index >= 15 is 0 Å². The smallest absolute Gasteiger partial charge is 0.407 e. The van der Waals surface area contributed by atoms with E-state index in [1.807, 2.05) is 4.90 Å². The number of hydrogen-bond donors (Lipinski definition) is 2. The third-order valence-corrected chi connectivity index (χ3v) is 3.26. The van der Waals surface area contributed by atoms with Crippen LogP contribution in [0.15, 0.2) is 18.2 Å². The Morgan fingerprint density at radius 3 is 2.95 bits per heavy atom. The Labute approximate surface area is 115 Å². The highest BCUT2D eigenvalue weighted by molar-refractivity contribution is 5.72. The molecule has 1 atom stereocenters. The number of rotatable bonds is 3. The molecule has 108 valence electrons. The van der Waals surface area contributed by atoms with Gasteiger partial charge >= 0.3 is 6.09 Å². The van der Waals surface area contributed by atoms with E-state index in [2.05, 4.69) is 10.1 Å². The van der Waals surface area contributed by atoms with Gasteiger partial charge in [0.25, 0.3) is 5.69 Å². The number of carbonyl (C=O) groups is 1. The molecule has 3 N–H and O–H groups in total. The van der Waals surface area contributed by atoms with Crippen molar-refractivity contribution in [1.29, 1.82) is 0 Å². The Hall–Kier alpha value is -2.51. The Kier molecular flexibility index (Phi) is 3.92. The largest absolute Gasteiger partial charge is 0.453 e. The summed E-state index contributed by atoms with van der Waals surface area (Å²) in [7, 11) is 1.32. The topological polar surface area (TPSA) is 111 Å². The van der Waals surface area contributed by atoms with Crippen LogP contribution in [0, 0.1) is 10.1 Å². The van der Waals surface area contributed by atoms with E-state index in [4.69, 9.17) is 5.73 Å². The van der Waals surface area contributed by atoms with Crippen LogP contribution in [0.25, 0.3) is 0 Å². The first-order valence-corrected chi connectivity index (χ1v) is 6.14. The maximum Gasteiger partial charge on any atom is 0.407 e. The minimum atomic E-state index is -0.480. The number of methoxy groups -OCH3 is 1. The van der Waals surface area contributed by atoms with E-state index in [-0.39, 0.29) is 11.7 Å². The zero-order valence-electron chi connectivity index (χ0n) is 11.0. The Balaban J connectivity index is 2.06. The standard InChI is InChI=1S/C12H16N4O4/c1-20-12(17)14-8-4-5-15(7-8)11-3-2-9(16(18)19)6-10(11)13/h2-3,6,8H,4-5,7,13H2,1H3,(H,14,17). The molecule has 8 nitrogen and oxygen atoms in total. The van der Waals surface area contributed by atoms with Gasteiger partial charge in [0.1, 0.15) is 0 Å². The minimum absolute atomic E-state index is 0.0166. The van der Waals surface area contributed by atoms with E-state index in [0.717, 1.165) is 18.7 Å². The monoisotopic (exact) mass is 280 g/mol. The second kappa shape index (κ2) is 5.64. The number of nitrogen functional groups attached to an aromatic ring is 1. The first kappa shape index (κ1) is 13.9. The number of ether oxygens (including phenoxy) is 1. The van der Waals surface area contributed by atoms with Crippen molar-refractivity contribution < 1.29 is 14.5 Å². The third kappa shape index (κ3) is 2.90. The molecule has 0 aromatic heterocycles. The van der Waals surface area contributed by atoms with E-state index in [9.17, 15) is 14.9 Å². The molecule has 1 aromatic rings. The van der Waals surface area contributed by atoms with Crippen molar-refractivity contribution in [2.75, 3.05) is 30.8 Å². The molecular formula is C12H16N4O4. The van der Waals surface area contributed by atoms with Crippen LogP contribution >= 0.6 is 0 Å². The lowest BCUT2D eigenvalue weighted by Gasteiger charge is -2.20. The molecule has 0 bridgehead atoms. The van der Waals surface area contributed by atoms with Crippen molar-refractivity contribution in [2.24, 2.45) is 0 Å². The molecule has 1 heterocycles. The van der Waals surface area contributed by atoms with Crippen LogP contribution in [0.3, 0.4) is 0 Å². The number of anilines is 2. The first-order valence-electron chi connectivity index (χ1n) is 6.14. The molecule has 1 fully saturated rings. The lowest BCUT2D eigenvalue weighted by Crippen LogP contribution is -2.37. The second-order valence-electron chi connectivity index (χ2n) is 4.57. The summed E-state index contributed by atoms with van der Waals surface area (Å²) < 4.78 is 4.55. The number of carbonyl (C=O) groups excluding carboxylic acids is 1. The van der Waals surface area contributed by atoms with Gasteiger partial charge in [0, 0.05) is 25.2 Å². The Morgan fingerprint density at radius 2 is 2.35 bits per heavy atom. The molecule has 2 rings (SSSR count). The number of nitrogens with zero attached hydrogens (tertiary/aromatic N) is 2. The number of non-ortho nitro benzene ring substituents is 1. The fourth-order valence-corrected chi connectivity index (χ4v) is 2.27. The molecular weight excluding hydrogens is 264 g/mol. The highest BCUT2D eigenvalue weighted by atomic mass is 16.6. The summed E-state index contributed by atoms with van der Waals surface area (Å²) in [6.45, 7) is 1.31. The molecule has 1 aliphatic heterocycles. The average Bonchev–Trinajstić information content (AvgIpc) is 2.86. The van der Waals surface area contributed by atoms with Gasteiger partial charge in [0.05, 0.1) is 29.4 Å². The molecule has 1 amide bonds. The van der Waals surface area contributed by atoms with Crippen LogP contribution in [-0.4, -0.2) is 37.3 Å². The van der Waals surface area contributed by atoms with Gasteiger partial charge < -0.3 is 20.7 Å².